The zero-order valence-electron chi connectivity index (χ0n) is 11.1. The van der Waals surface area contributed by atoms with Crippen molar-refractivity contribution in [2.24, 2.45) is 0 Å². The molecule has 0 aliphatic heterocycles. The van der Waals surface area contributed by atoms with Crippen LogP contribution in [0.5, 0.6) is 0 Å². The molecular weight excluding hydrogens is 311 g/mol. The van der Waals surface area contributed by atoms with Gasteiger partial charge in [-0.05, 0) is 12.1 Å². The Balaban J connectivity index is -0.000000209. The molecule has 8 heteroatoms. The van der Waals surface area contributed by atoms with Gasteiger partial charge in [-0.1, -0.05) is 35.3 Å². The van der Waals surface area contributed by atoms with Gasteiger partial charge in [-0.2, -0.15) is 0 Å². The molecular formula is C12H16Cl2O6. The lowest BCUT2D eigenvalue weighted by atomic mass is 10.4. The summed E-state index contributed by atoms with van der Waals surface area (Å²) in [6, 6.07) is 7.19. The van der Waals surface area contributed by atoms with Crippen LogP contribution in [0.15, 0.2) is 24.3 Å². The van der Waals surface area contributed by atoms with E-state index < -0.39 is 17.9 Å². The Labute approximate surface area is 126 Å². The normalized spacial score (nSPS) is 7.45. The molecule has 0 radical (unpaired) electrons. The number of aliphatic carboxylic acids is 3. The highest BCUT2D eigenvalue weighted by molar-refractivity contribution is 6.41. The van der Waals surface area contributed by atoms with Gasteiger partial charge in [0.15, 0.2) is 0 Å². The van der Waals surface area contributed by atoms with Crippen LogP contribution in [0.2, 0.25) is 10.0 Å². The molecule has 0 unspecified atom stereocenters. The van der Waals surface area contributed by atoms with Crippen LogP contribution in [0.1, 0.15) is 20.8 Å². The maximum Gasteiger partial charge on any atom is 0.300 e. The zero-order chi connectivity index (χ0) is 16.7. The van der Waals surface area contributed by atoms with Crippen LogP contribution in [-0.4, -0.2) is 33.2 Å². The van der Waals surface area contributed by atoms with Gasteiger partial charge in [0.2, 0.25) is 0 Å². The molecule has 1 aromatic rings. The predicted octanol–water partition coefficient (Wildman–Crippen LogP) is 3.27. The molecule has 6 nitrogen and oxygen atoms in total. The van der Waals surface area contributed by atoms with E-state index >= 15 is 0 Å². The van der Waals surface area contributed by atoms with Crippen LogP contribution < -0.4 is 0 Å². The third-order valence-corrected chi connectivity index (χ3v) is 1.58. The van der Waals surface area contributed by atoms with Crippen molar-refractivity contribution < 1.29 is 29.7 Å². The maximum atomic E-state index is 9.00. The summed E-state index contributed by atoms with van der Waals surface area (Å²) in [6.45, 7) is 3.25. The van der Waals surface area contributed by atoms with E-state index in [1.54, 1.807) is 12.1 Å². The van der Waals surface area contributed by atoms with Crippen molar-refractivity contribution >= 4 is 41.1 Å². The maximum absolute atomic E-state index is 9.00. The van der Waals surface area contributed by atoms with Gasteiger partial charge in [-0.3, -0.25) is 14.4 Å². The quantitative estimate of drug-likeness (QED) is 0.674. The topological polar surface area (TPSA) is 112 Å². The van der Waals surface area contributed by atoms with Crippen LogP contribution in [0.3, 0.4) is 0 Å². The minimum absolute atomic E-state index is 0.606. The van der Waals surface area contributed by atoms with Gasteiger partial charge in [0.05, 0.1) is 10.0 Å². The molecule has 0 bridgehead atoms. The average molecular weight is 327 g/mol. The predicted molar refractivity (Wildman–Crippen MR) is 76.4 cm³/mol. The van der Waals surface area contributed by atoms with Gasteiger partial charge in [-0.15, -0.1) is 0 Å². The number of hydrogen-bond donors (Lipinski definition) is 3. The minimum Gasteiger partial charge on any atom is -0.481 e. The molecule has 1 aromatic carbocycles. The second-order valence-electron chi connectivity index (χ2n) is 2.97. The van der Waals surface area contributed by atoms with E-state index in [2.05, 4.69) is 0 Å². The van der Waals surface area contributed by atoms with E-state index in [4.69, 9.17) is 52.9 Å². The molecule has 114 valence electrons. The Morgan fingerprint density at radius 3 is 1.00 bits per heavy atom. The van der Waals surface area contributed by atoms with Gasteiger partial charge < -0.3 is 15.3 Å². The molecule has 0 amide bonds. The van der Waals surface area contributed by atoms with E-state index in [-0.39, 0.29) is 0 Å². The summed E-state index contributed by atoms with van der Waals surface area (Å²) in [5.74, 6) is -2.50. The lowest BCUT2D eigenvalue weighted by molar-refractivity contribution is -0.135. The van der Waals surface area contributed by atoms with Crippen LogP contribution >= 0.6 is 23.2 Å². The van der Waals surface area contributed by atoms with E-state index in [1.165, 1.54) is 0 Å². The smallest absolute Gasteiger partial charge is 0.300 e. The van der Waals surface area contributed by atoms with Crippen molar-refractivity contribution in [2.75, 3.05) is 0 Å². The molecule has 0 fully saturated rings. The number of hydrogen-bond acceptors (Lipinski definition) is 3. The lowest BCUT2D eigenvalue weighted by Gasteiger charge is -1.88. The summed E-state index contributed by atoms with van der Waals surface area (Å²) in [5.41, 5.74) is 0. The first kappa shape index (κ1) is 23.3. The summed E-state index contributed by atoms with van der Waals surface area (Å²) in [4.78, 5) is 27.0. The number of carboxylic acid groups (broad SMARTS) is 3. The molecule has 0 aliphatic carbocycles. The van der Waals surface area contributed by atoms with Gasteiger partial charge in [0.25, 0.3) is 17.9 Å². The first-order valence-corrected chi connectivity index (χ1v) is 5.74. The van der Waals surface area contributed by atoms with Crippen molar-refractivity contribution in [1.82, 2.24) is 0 Å². The first-order chi connectivity index (χ1) is 9.00. The molecule has 0 heterocycles. The third kappa shape index (κ3) is 44.2. The Hall–Kier alpha value is -1.79. The molecule has 0 aromatic heterocycles. The zero-order valence-corrected chi connectivity index (χ0v) is 12.6. The molecule has 0 atom stereocenters. The average Bonchev–Trinajstić information content (AvgIpc) is 2.20. The first-order valence-electron chi connectivity index (χ1n) is 4.99. The fourth-order valence-corrected chi connectivity index (χ4v) is 0.711. The standard InChI is InChI=1S/C6H4Cl2.3C2H4O2/c7-5-3-1-2-4-6(5)8;3*1-2(3)4/h1-4H;3*1H3,(H,3,4). The van der Waals surface area contributed by atoms with E-state index in [0.29, 0.717) is 10.0 Å². The van der Waals surface area contributed by atoms with Gasteiger partial charge >= 0.3 is 0 Å². The second-order valence-corrected chi connectivity index (χ2v) is 3.79. The summed E-state index contributed by atoms with van der Waals surface area (Å²) >= 11 is 11.2. The summed E-state index contributed by atoms with van der Waals surface area (Å²) in [7, 11) is 0. The fraction of sp³-hybridized carbons (Fsp3) is 0.250. The molecule has 3 N–H and O–H groups in total. The molecule has 0 aliphatic rings. The Kier molecular flexibility index (Phi) is 17.8. The van der Waals surface area contributed by atoms with Crippen LogP contribution in [-0.2, 0) is 14.4 Å². The van der Waals surface area contributed by atoms with Gasteiger partial charge in [0, 0.05) is 20.8 Å². The molecule has 0 spiro atoms. The minimum atomic E-state index is -0.833. The SMILES string of the molecule is CC(=O)O.CC(=O)O.CC(=O)O.Clc1ccccc1Cl. The number of carboxylic acids is 3. The second kappa shape index (κ2) is 15.3. The van der Waals surface area contributed by atoms with Gasteiger partial charge in [-0.25, -0.2) is 0 Å². The van der Waals surface area contributed by atoms with E-state index in [9.17, 15) is 0 Å². The highest BCUT2D eigenvalue weighted by Crippen LogP contribution is 2.19. The summed E-state index contributed by atoms with van der Waals surface area (Å²) < 4.78 is 0. The van der Waals surface area contributed by atoms with Gasteiger partial charge in [0.1, 0.15) is 0 Å². The fourth-order valence-electron chi connectivity index (χ4n) is 0.439. The molecule has 0 saturated carbocycles. The monoisotopic (exact) mass is 326 g/mol. The Bertz CT molecular complexity index is 359. The Morgan fingerprint density at radius 1 is 0.750 bits per heavy atom. The highest BCUT2D eigenvalue weighted by atomic mass is 35.5. The van der Waals surface area contributed by atoms with Crippen molar-refractivity contribution in [3.05, 3.63) is 34.3 Å². The van der Waals surface area contributed by atoms with Crippen LogP contribution in [0.4, 0.5) is 0 Å². The van der Waals surface area contributed by atoms with Crippen LogP contribution in [0, 0.1) is 0 Å². The third-order valence-electron chi connectivity index (χ3n) is 0.824. The largest absolute Gasteiger partial charge is 0.481 e. The number of rotatable bonds is 0. The number of halogens is 2. The highest BCUT2D eigenvalue weighted by Gasteiger charge is 1.89. The lowest BCUT2D eigenvalue weighted by Crippen LogP contribution is -1.78. The van der Waals surface area contributed by atoms with E-state index in [0.717, 1.165) is 20.8 Å². The summed E-state index contributed by atoms with van der Waals surface area (Å²) in [5, 5.41) is 23.5. The Morgan fingerprint density at radius 2 is 0.900 bits per heavy atom. The molecule has 20 heavy (non-hydrogen) atoms. The van der Waals surface area contributed by atoms with Crippen molar-refractivity contribution in [3.63, 3.8) is 0 Å². The number of carbonyl (C=O) groups is 3. The van der Waals surface area contributed by atoms with Crippen molar-refractivity contribution in [2.45, 2.75) is 20.8 Å². The number of benzene rings is 1. The molecule has 0 saturated heterocycles. The van der Waals surface area contributed by atoms with E-state index in [1.807, 2.05) is 12.1 Å². The molecule has 1 rings (SSSR count). The van der Waals surface area contributed by atoms with Crippen LogP contribution in [0.25, 0.3) is 0 Å². The van der Waals surface area contributed by atoms with Crippen molar-refractivity contribution in [1.29, 1.82) is 0 Å². The summed E-state index contributed by atoms with van der Waals surface area (Å²) in [6.07, 6.45) is 0. The van der Waals surface area contributed by atoms with Crippen molar-refractivity contribution in [3.8, 4) is 0 Å².